The lowest BCUT2D eigenvalue weighted by atomic mass is 10.1. The van der Waals surface area contributed by atoms with Gasteiger partial charge in [0.15, 0.2) is 0 Å². The largest absolute Gasteiger partial charge is 0.325 e. The first-order valence-corrected chi connectivity index (χ1v) is 11.3. The number of anilines is 1. The van der Waals surface area contributed by atoms with E-state index in [9.17, 15) is 13.2 Å². The summed E-state index contributed by atoms with van der Waals surface area (Å²) in [5.41, 5.74) is 2.31. The van der Waals surface area contributed by atoms with E-state index < -0.39 is 16.1 Å². The number of amides is 1. The van der Waals surface area contributed by atoms with Crippen molar-refractivity contribution in [2.45, 2.75) is 31.7 Å². The molecule has 0 aliphatic carbocycles. The van der Waals surface area contributed by atoms with Crippen molar-refractivity contribution in [2.24, 2.45) is 0 Å². The van der Waals surface area contributed by atoms with Crippen LogP contribution in [0.1, 0.15) is 18.1 Å². The van der Waals surface area contributed by atoms with Gasteiger partial charge in [-0.2, -0.15) is 0 Å². The number of nitrogens with one attached hydrogen (secondary N) is 3. The van der Waals surface area contributed by atoms with E-state index in [4.69, 9.17) is 0 Å². The molecule has 0 saturated carbocycles. The molecule has 6 nitrogen and oxygen atoms in total. The van der Waals surface area contributed by atoms with Crippen LogP contribution in [-0.2, 0) is 14.8 Å². The highest BCUT2D eigenvalue weighted by atomic mass is 32.2. The molecule has 0 saturated heterocycles. The van der Waals surface area contributed by atoms with Crippen LogP contribution >= 0.6 is 0 Å². The average molecular weight is 426 g/mol. The SMILES string of the molecule is Cc1ccc(C)c(S(=O)(=O)NCCNC(C)C(=O)Nc2ccc3ccccc3c2)c1. The summed E-state index contributed by atoms with van der Waals surface area (Å²) in [5, 5.41) is 8.10. The van der Waals surface area contributed by atoms with Crippen molar-refractivity contribution in [3.63, 3.8) is 0 Å². The first-order valence-electron chi connectivity index (χ1n) is 9.86. The molecule has 0 bridgehead atoms. The second-order valence-electron chi connectivity index (χ2n) is 7.39. The van der Waals surface area contributed by atoms with E-state index in [2.05, 4.69) is 15.4 Å². The van der Waals surface area contributed by atoms with Gasteiger partial charge in [-0.05, 0) is 60.9 Å². The molecule has 0 radical (unpaired) electrons. The van der Waals surface area contributed by atoms with Gasteiger partial charge in [-0.3, -0.25) is 4.79 Å². The summed E-state index contributed by atoms with van der Waals surface area (Å²) in [6.07, 6.45) is 0. The number of carbonyl (C=O) groups is 1. The Morgan fingerprint density at radius 3 is 2.43 bits per heavy atom. The molecule has 1 atom stereocenters. The molecule has 30 heavy (non-hydrogen) atoms. The molecule has 0 spiro atoms. The molecule has 0 aliphatic rings. The van der Waals surface area contributed by atoms with Gasteiger partial charge in [0.25, 0.3) is 0 Å². The molecule has 0 aromatic heterocycles. The fourth-order valence-electron chi connectivity index (χ4n) is 3.16. The maximum Gasteiger partial charge on any atom is 0.241 e. The molecular weight excluding hydrogens is 398 g/mol. The van der Waals surface area contributed by atoms with Crippen molar-refractivity contribution in [2.75, 3.05) is 18.4 Å². The van der Waals surface area contributed by atoms with Gasteiger partial charge < -0.3 is 10.6 Å². The Kier molecular flexibility index (Phi) is 6.87. The van der Waals surface area contributed by atoms with Crippen LogP contribution in [-0.4, -0.2) is 33.5 Å². The van der Waals surface area contributed by atoms with Crippen LogP contribution in [0, 0.1) is 13.8 Å². The number of hydrogen-bond acceptors (Lipinski definition) is 4. The van der Waals surface area contributed by atoms with Gasteiger partial charge in [0.2, 0.25) is 15.9 Å². The van der Waals surface area contributed by atoms with Crippen LogP contribution in [0.4, 0.5) is 5.69 Å². The zero-order valence-corrected chi connectivity index (χ0v) is 18.2. The molecule has 7 heteroatoms. The monoisotopic (exact) mass is 425 g/mol. The summed E-state index contributed by atoms with van der Waals surface area (Å²) in [6, 6.07) is 18.6. The molecule has 1 amide bonds. The van der Waals surface area contributed by atoms with E-state index >= 15 is 0 Å². The van der Waals surface area contributed by atoms with Crippen molar-refractivity contribution in [3.05, 3.63) is 71.8 Å². The maximum atomic E-state index is 12.5. The van der Waals surface area contributed by atoms with E-state index in [0.29, 0.717) is 12.1 Å². The molecule has 158 valence electrons. The molecule has 3 N–H and O–H groups in total. The van der Waals surface area contributed by atoms with E-state index in [1.54, 1.807) is 26.0 Å². The summed E-state index contributed by atoms with van der Waals surface area (Å²) in [7, 11) is -3.59. The molecule has 3 rings (SSSR count). The Bertz CT molecular complexity index is 1160. The Hall–Kier alpha value is -2.74. The molecule has 3 aromatic rings. The first kappa shape index (κ1) is 22.0. The Morgan fingerprint density at radius 1 is 0.933 bits per heavy atom. The van der Waals surface area contributed by atoms with Gasteiger partial charge in [-0.1, -0.05) is 42.5 Å². The van der Waals surface area contributed by atoms with Crippen molar-refractivity contribution in [3.8, 4) is 0 Å². The van der Waals surface area contributed by atoms with Crippen LogP contribution in [0.2, 0.25) is 0 Å². The Labute approximate surface area is 177 Å². The summed E-state index contributed by atoms with van der Waals surface area (Å²) in [4.78, 5) is 12.7. The zero-order valence-electron chi connectivity index (χ0n) is 17.4. The highest BCUT2D eigenvalue weighted by Crippen LogP contribution is 2.19. The molecule has 0 aliphatic heterocycles. The van der Waals surface area contributed by atoms with E-state index in [0.717, 1.165) is 22.0 Å². The minimum atomic E-state index is -3.59. The van der Waals surface area contributed by atoms with Crippen LogP contribution in [0.25, 0.3) is 10.8 Å². The smallest absolute Gasteiger partial charge is 0.241 e. The van der Waals surface area contributed by atoms with E-state index in [-0.39, 0.29) is 17.3 Å². The summed E-state index contributed by atoms with van der Waals surface area (Å²) in [6.45, 7) is 5.89. The number of carbonyl (C=O) groups excluding carboxylic acids is 1. The fourth-order valence-corrected chi connectivity index (χ4v) is 4.52. The van der Waals surface area contributed by atoms with Gasteiger partial charge in [0, 0.05) is 18.8 Å². The van der Waals surface area contributed by atoms with Gasteiger partial charge in [-0.25, -0.2) is 13.1 Å². The van der Waals surface area contributed by atoms with Crippen LogP contribution < -0.4 is 15.4 Å². The van der Waals surface area contributed by atoms with Crippen molar-refractivity contribution >= 4 is 32.4 Å². The van der Waals surface area contributed by atoms with Crippen LogP contribution in [0.3, 0.4) is 0 Å². The summed E-state index contributed by atoms with van der Waals surface area (Å²) < 4.78 is 27.6. The third kappa shape index (κ3) is 5.44. The maximum absolute atomic E-state index is 12.5. The topological polar surface area (TPSA) is 87.3 Å². The lowest BCUT2D eigenvalue weighted by Crippen LogP contribution is -2.42. The number of aryl methyl sites for hydroxylation is 2. The third-order valence-corrected chi connectivity index (χ3v) is 6.51. The van der Waals surface area contributed by atoms with Gasteiger partial charge in [0.1, 0.15) is 0 Å². The van der Waals surface area contributed by atoms with Gasteiger partial charge >= 0.3 is 0 Å². The minimum Gasteiger partial charge on any atom is -0.325 e. The predicted molar refractivity (Wildman–Crippen MR) is 121 cm³/mol. The first-order chi connectivity index (χ1) is 14.3. The van der Waals surface area contributed by atoms with Crippen molar-refractivity contribution in [1.29, 1.82) is 0 Å². The lowest BCUT2D eigenvalue weighted by molar-refractivity contribution is -0.117. The number of fused-ring (bicyclic) bond motifs is 1. The van der Waals surface area contributed by atoms with Crippen molar-refractivity contribution < 1.29 is 13.2 Å². The zero-order chi connectivity index (χ0) is 21.7. The molecule has 3 aromatic carbocycles. The normalized spacial score (nSPS) is 12.6. The number of hydrogen-bond donors (Lipinski definition) is 3. The molecule has 0 fully saturated rings. The standard InChI is InChI=1S/C23H27N3O3S/c1-16-8-9-17(2)22(14-16)30(28,29)25-13-12-24-18(3)23(27)26-21-11-10-19-6-4-5-7-20(19)15-21/h4-11,14-15,18,24-25H,12-13H2,1-3H3,(H,26,27). The highest BCUT2D eigenvalue weighted by molar-refractivity contribution is 7.89. The quantitative estimate of drug-likeness (QED) is 0.483. The van der Waals surface area contributed by atoms with Crippen LogP contribution in [0.5, 0.6) is 0 Å². The number of rotatable bonds is 8. The van der Waals surface area contributed by atoms with Gasteiger partial charge in [-0.15, -0.1) is 0 Å². The molecule has 0 heterocycles. The molecular formula is C23H27N3O3S. The van der Waals surface area contributed by atoms with E-state index in [1.165, 1.54) is 0 Å². The summed E-state index contributed by atoms with van der Waals surface area (Å²) >= 11 is 0. The average Bonchev–Trinajstić information content (AvgIpc) is 2.72. The fraction of sp³-hybridized carbons (Fsp3) is 0.261. The van der Waals surface area contributed by atoms with Crippen LogP contribution in [0.15, 0.2) is 65.6 Å². The number of sulfonamides is 1. The molecule has 1 unspecified atom stereocenters. The second kappa shape index (κ2) is 9.38. The van der Waals surface area contributed by atoms with Crippen molar-refractivity contribution in [1.82, 2.24) is 10.0 Å². The summed E-state index contributed by atoms with van der Waals surface area (Å²) in [5.74, 6) is -0.178. The Balaban J connectivity index is 1.50. The highest BCUT2D eigenvalue weighted by Gasteiger charge is 2.17. The number of benzene rings is 3. The Morgan fingerprint density at radius 2 is 1.67 bits per heavy atom. The third-order valence-electron chi connectivity index (χ3n) is 4.91. The second-order valence-corrected chi connectivity index (χ2v) is 9.13. The minimum absolute atomic E-state index is 0.178. The predicted octanol–water partition coefficient (Wildman–Crippen LogP) is 3.35. The van der Waals surface area contributed by atoms with Gasteiger partial charge in [0.05, 0.1) is 10.9 Å². The van der Waals surface area contributed by atoms with E-state index in [1.807, 2.05) is 55.5 Å². The lowest BCUT2D eigenvalue weighted by Gasteiger charge is -2.15.